The highest BCUT2D eigenvalue weighted by molar-refractivity contribution is 5.89. The third-order valence-corrected chi connectivity index (χ3v) is 6.76. The Morgan fingerprint density at radius 3 is 2.63 bits per heavy atom. The molecule has 0 aromatic heterocycles. The normalized spacial score (nSPS) is 29.6. The summed E-state index contributed by atoms with van der Waals surface area (Å²) >= 11 is 0. The van der Waals surface area contributed by atoms with E-state index in [2.05, 4.69) is 6.92 Å². The van der Waals surface area contributed by atoms with E-state index in [0.717, 1.165) is 38.5 Å². The lowest BCUT2D eigenvalue weighted by molar-refractivity contribution is -0.171. The average Bonchev–Trinajstić information content (AvgIpc) is 3.43. The second-order valence-electron chi connectivity index (χ2n) is 8.71. The van der Waals surface area contributed by atoms with Crippen molar-refractivity contribution in [3.8, 4) is 0 Å². The Balaban J connectivity index is 1.43. The van der Waals surface area contributed by atoms with E-state index < -0.39 is 5.79 Å². The number of esters is 2. The first-order chi connectivity index (χ1) is 14.6. The largest absolute Gasteiger partial charge is 0.462 e. The fourth-order valence-electron chi connectivity index (χ4n) is 5.21. The standard InChI is InChI=1S/C24H32O6/c1-2-3-7-11-24(27-13-14-28-24)12-10-18-19-15-22(25)29-21(19)16-20(18)30-23(26)17-8-5-4-6-9-17/h4-6,8-9,18-21H,2-3,7,10-16H2,1H3/t18-,19?,20?,21?/m1/s1. The van der Waals surface area contributed by atoms with E-state index in [4.69, 9.17) is 18.9 Å². The molecule has 164 valence electrons. The van der Waals surface area contributed by atoms with Crippen LogP contribution in [0, 0.1) is 11.8 Å². The minimum absolute atomic E-state index is 0.0740. The molecule has 0 amide bonds. The quantitative estimate of drug-likeness (QED) is 0.442. The minimum Gasteiger partial charge on any atom is -0.462 e. The van der Waals surface area contributed by atoms with E-state index in [1.807, 2.05) is 18.2 Å². The van der Waals surface area contributed by atoms with Gasteiger partial charge in [0.1, 0.15) is 12.2 Å². The van der Waals surface area contributed by atoms with Crippen LogP contribution in [0.5, 0.6) is 0 Å². The molecule has 6 heteroatoms. The number of rotatable bonds is 9. The molecule has 0 spiro atoms. The lowest BCUT2D eigenvalue weighted by Crippen LogP contribution is -2.33. The summed E-state index contributed by atoms with van der Waals surface area (Å²) in [4.78, 5) is 24.5. The van der Waals surface area contributed by atoms with Crippen LogP contribution in [0.2, 0.25) is 0 Å². The van der Waals surface area contributed by atoms with Gasteiger partial charge in [-0.05, 0) is 25.0 Å². The van der Waals surface area contributed by atoms with Crippen LogP contribution in [0.1, 0.15) is 68.6 Å². The van der Waals surface area contributed by atoms with Crippen molar-refractivity contribution < 1.29 is 28.5 Å². The molecule has 2 aliphatic heterocycles. The SMILES string of the molecule is CCCCCC1(CC[C@H]2C(OC(=O)c3ccccc3)CC3OC(=O)CC32)OCCO1. The monoisotopic (exact) mass is 416 g/mol. The van der Waals surface area contributed by atoms with Gasteiger partial charge >= 0.3 is 11.9 Å². The highest BCUT2D eigenvalue weighted by Crippen LogP contribution is 2.46. The molecule has 6 nitrogen and oxygen atoms in total. The maximum Gasteiger partial charge on any atom is 0.338 e. The minimum atomic E-state index is -0.537. The van der Waals surface area contributed by atoms with Gasteiger partial charge in [0.05, 0.1) is 25.2 Å². The number of unbranched alkanes of at least 4 members (excludes halogenated alkanes) is 2. The number of benzene rings is 1. The first-order valence-corrected chi connectivity index (χ1v) is 11.3. The zero-order chi connectivity index (χ0) is 21.0. The molecule has 0 radical (unpaired) electrons. The summed E-state index contributed by atoms with van der Waals surface area (Å²) in [7, 11) is 0. The number of hydrogen-bond acceptors (Lipinski definition) is 6. The summed E-state index contributed by atoms with van der Waals surface area (Å²) < 4.78 is 23.5. The number of carbonyl (C=O) groups excluding carboxylic acids is 2. The van der Waals surface area contributed by atoms with Crippen LogP contribution in [-0.2, 0) is 23.7 Å². The van der Waals surface area contributed by atoms with Crippen molar-refractivity contribution in [3.05, 3.63) is 35.9 Å². The lowest BCUT2D eigenvalue weighted by atomic mass is 9.86. The Labute approximate surface area is 178 Å². The lowest BCUT2D eigenvalue weighted by Gasteiger charge is -2.31. The van der Waals surface area contributed by atoms with Gasteiger partial charge in [0.15, 0.2) is 5.79 Å². The molecular formula is C24H32O6. The smallest absolute Gasteiger partial charge is 0.338 e. The molecule has 30 heavy (non-hydrogen) atoms. The molecule has 0 N–H and O–H groups in total. The maximum absolute atomic E-state index is 12.6. The van der Waals surface area contributed by atoms with Crippen molar-refractivity contribution in [2.24, 2.45) is 11.8 Å². The summed E-state index contributed by atoms with van der Waals surface area (Å²) in [6.45, 7) is 3.43. The van der Waals surface area contributed by atoms with Crippen molar-refractivity contribution in [2.75, 3.05) is 13.2 Å². The first kappa shape index (κ1) is 21.3. The van der Waals surface area contributed by atoms with Crippen molar-refractivity contribution in [3.63, 3.8) is 0 Å². The first-order valence-electron chi connectivity index (χ1n) is 11.3. The molecule has 1 aliphatic carbocycles. The van der Waals surface area contributed by atoms with E-state index in [1.165, 1.54) is 0 Å². The Hall–Kier alpha value is -1.92. The summed E-state index contributed by atoms with van der Waals surface area (Å²) in [5.41, 5.74) is 0.545. The summed E-state index contributed by atoms with van der Waals surface area (Å²) in [6, 6.07) is 9.05. The highest BCUT2D eigenvalue weighted by atomic mass is 16.7. The molecular weight excluding hydrogens is 384 g/mol. The van der Waals surface area contributed by atoms with E-state index in [1.54, 1.807) is 12.1 Å². The fourth-order valence-corrected chi connectivity index (χ4v) is 5.21. The van der Waals surface area contributed by atoms with Gasteiger partial charge < -0.3 is 18.9 Å². The van der Waals surface area contributed by atoms with Gasteiger partial charge in [0.2, 0.25) is 0 Å². The van der Waals surface area contributed by atoms with Gasteiger partial charge in [-0.15, -0.1) is 0 Å². The highest BCUT2D eigenvalue weighted by Gasteiger charge is 2.52. The predicted octanol–water partition coefficient (Wildman–Crippen LogP) is 4.27. The molecule has 2 heterocycles. The number of carbonyl (C=O) groups is 2. The van der Waals surface area contributed by atoms with Crippen LogP contribution in [0.3, 0.4) is 0 Å². The van der Waals surface area contributed by atoms with Gasteiger partial charge in [0, 0.05) is 31.1 Å². The molecule has 1 saturated carbocycles. The molecule has 4 rings (SSSR count). The number of ether oxygens (including phenoxy) is 4. The third kappa shape index (κ3) is 4.70. The Bertz CT molecular complexity index is 726. The zero-order valence-electron chi connectivity index (χ0n) is 17.7. The Morgan fingerprint density at radius 2 is 1.90 bits per heavy atom. The maximum atomic E-state index is 12.6. The number of hydrogen-bond donors (Lipinski definition) is 0. The van der Waals surface area contributed by atoms with Crippen molar-refractivity contribution >= 4 is 11.9 Å². The van der Waals surface area contributed by atoms with Crippen molar-refractivity contribution in [2.45, 2.75) is 76.3 Å². The van der Waals surface area contributed by atoms with E-state index >= 15 is 0 Å². The van der Waals surface area contributed by atoms with Gasteiger partial charge in [-0.25, -0.2) is 4.79 Å². The van der Waals surface area contributed by atoms with Crippen LogP contribution in [0.4, 0.5) is 0 Å². The Morgan fingerprint density at radius 1 is 1.13 bits per heavy atom. The molecule has 2 saturated heterocycles. The molecule has 4 atom stereocenters. The zero-order valence-corrected chi connectivity index (χ0v) is 17.7. The Kier molecular flexibility index (Phi) is 6.74. The van der Waals surface area contributed by atoms with E-state index in [0.29, 0.717) is 31.6 Å². The van der Waals surface area contributed by atoms with Crippen molar-refractivity contribution in [1.82, 2.24) is 0 Å². The summed E-state index contributed by atoms with van der Waals surface area (Å²) in [5.74, 6) is -0.827. The van der Waals surface area contributed by atoms with Crippen LogP contribution < -0.4 is 0 Å². The second kappa shape index (κ2) is 9.48. The fraction of sp³-hybridized carbons (Fsp3) is 0.667. The topological polar surface area (TPSA) is 71.1 Å². The van der Waals surface area contributed by atoms with Crippen LogP contribution in [0.25, 0.3) is 0 Å². The number of fused-ring (bicyclic) bond motifs is 1. The molecule has 0 bridgehead atoms. The molecule has 3 unspecified atom stereocenters. The average molecular weight is 417 g/mol. The molecule has 1 aromatic carbocycles. The molecule has 1 aromatic rings. The van der Waals surface area contributed by atoms with E-state index in [9.17, 15) is 9.59 Å². The summed E-state index contributed by atoms with van der Waals surface area (Å²) in [6.07, 6.45) is 6.36. The van der Waals surface area contributed by atoms with E-state index in [-0.39, 0.29) is 36.0 Å². The molecule has 3 fully saturated rings. The van der Waals surface area contributed by atoms with Crippen LogP contribution in [-0.4, -0.2) is 43.1 Å². The van der Waals surface area contributed by atoms with Gasteiger partial charge in [-0.1, -0.05) is 38.0 Å². The van der Waals surface area contributed by atoms with Crippen LogP contribution >= 0.6 is 0 Å². The van der Waals surface area contributed by atoms with Gasteiger partial charge in [0.25, 0.3) is 0 Å². The second-order valence-corrected chi connectivity index (χ2v) is 8.71. The third-order valence-electron chi connectivity index (χ3n) is 6.76. The van der Waals surface area contributed by atoms with Crippen molar-refractivity contribution in [1.29, 1.82) is 0 Å². The van der Waals surface area contributed by atoms with Gasteiger partial charge in [-0.3, -0.25) is 4.79 Å². The van der Waals surface area contributed by atoms with Gasteiger partial charge in [-0.2, -0.15) is 0 Å². The predicted molar refractivity (Wildman–Crippen MR) is 110 cm³/mol. The van der Waals surface area contributed by atoms with Crippen LogP contribution in [0.15, 0.2) is 30.3 Å². The molecule has 3 aliphatic rings. The summed E-state index contributed by atoms with van der Waals surface area (Å²) in [5, 5.41) is 0.